The molecule has 0 atom stereocenters. The molecule has 0 aliphatic rings. The van der Waals surface area contributed by atoms with Crippen LogP contribution < -0.4 is 14.8 Å². The fourth-order valence-electron chi connectivity index (χ4n) is 2.33. The number of benzene rings is 2. The molecule has 0 saturated carbocycles. The maximum absolute atomic E-state index is 13.6. The number of carbonyl (C=O) groups excluding carboxylic acids is 1. The number of hydrogen-bond acceptors (Lipinski definition) is 4. The summed E-state index contributed by atoms with van der Waals surface area (Å²) < 4.78 is 103. The molecule has 3 rings (SSSR count). The van der Waals surface area contributed by atoms with Gasteiger partial charge in [-0.2, -0.15) is 8.78 Å². The van der Waals surface area contributed by atoms with E-state index in [0.29, 0.717) is 0 Å². The second kappa shape index (κ2) is 8.58. The summed E-state index contributed by atoms with van der Waals surface area (Å²) in [5, 5.41) is 2.34. The van der Waals surface area contributed by atoms with Gasteiger partial charge in [-0.1, -0.05) is 0 Å². The van der Waals surface area contributed by atoms with Crippen molar-refractivity contribution < 1.29 is 49.4 Å². The number of furan rings is 1. The monoisotopic (exact) mass is 449 g/mol. The Morgan fingerprint density at radius 3 is 2.13 bits per heavy atom. The lowest BCUT2D eigenvalue weighted by atomic mass is 10.3. The maximum atomic E-state index is 13.6. The average Bonchev–Trinajstić information content (AvgIpc) is 3.16. The van der Waals surface area contributed by atoms with Gasteiger partial charge < -0.3 is 19.2 Å². The number of hydrogen-bond donors (Lipinski definition) is 1. The number of amides is 1. The molecule has 1 aromatic heterocycles. The summed E-state index contributed by atoms with van der Waals surface area (Å²) in [6.45, 7) is -0.659. The summed E-state index contributed by atoms with van der Waals surface area (Å²) in [5.41, 5.74) is 0.119. The van der Waals surface area contributed by atoms with E-state index in [2.05, 4.69) is 10.1 Å². The van der Waals surface area contributed by atoms with E-state index in [1.54, 1.807) is 0 Å². The van der Waals surface area contributed by atoms with Crippen LogP contribution in [0.5, 0.6) is 11.5 Å². The molecule has 0 aliphatic heterocycles. The topological polar surface area (TPSA) is 60.7 Å². The molecule has 0 radical (unpaired) electrons. The second-order valence-electron chi connectivity index (χ2n) is 5.88. The quantitative estimate of drug-likeness (QED) is 0.395. The van der Waals surface area contributed by atoms with Crippen molar-refractivity contribution in [3.05, 3.63) is 77.3 Å². The number of halogens is 7. The van der Waals surface area contributed by atoms with Crippen LogP contribution in [0, 0.1) is 23.3 Å². The van der Waals surface area contributed by atoms with Crippen LogP contribution in [0.4, 0.5) is 36.4 Å². The number of nitrogens with one attached hydrogen (secondary N) is 1. The third kappa shape index (κ3) is 5.47. The molecule has 0 saturated heterocycles. The van der Waals surface area contributed by atoms with Crippen LogP contribution in [0.15, 0.2) is 46.9 Å². The third-order valence-corrected chi connectivity index (χ3v) is 3.66. The van der Waals surface area contributed by atoms with Crippen molar-refractivity contribution in [2.75, 3.05) is 5.32 Å². The highest BCUT2D eigenvalue weighted by atomic mass is 19.4. The van der Waals surface area contributed by atoms with Crippen LogP contribution in [-0.4, -0.2) is 12.3 Å². The van der Waals surface area contributed by atoms with Gasteiger partial charge in [0, 0.05) is 11.8 Å². The van der Waals surface area contributed by atoms with Gasteiger partial charge in [0.2, 0.25) is 11.6 Å². The zero-order valence-electron chi connectivity index (χ0n) is 15.0. The highest BCUT2D eigenvalue weighted by Crippen LogP contribution is 2.28. The van der Waals surface area contributed by atoms with E-state index < -0.39 is 53.6 Å². The molecular formula is C19H10F7NO4. The van der Waals surface area contributed by atoms with Gasteiger partial charge in [-0.15, -0.1) is 13.2 Å². The van der Waals surface area contributed by atoms with Gasteiger partial charge in [0.1, 0.15) is 18.1 Å². The van der Waals surface area contributed by atoms with Gasteiger partial charge in [-0.05, 0) is 36.4 Å². The number of ether oxygens (including phenoxy) is 2. The largest absolute Gasteiger partial charge is 0.573 e. The Kier molecular flexibility index (Phi) is 6.09. The van der Waals surface area contributed by atoms with Crippen molar-refractivity contribution >= 4 is 11.6 Å². The lowest BCUT2D eigenvalue weighted by molar-refractivity contribution is -0.274. The lowest BCUT2D eigenvalue weighted by Gasteiger charge is -2.09. The molecule has 1 heterocycles. The van der Waals surface area contributed by atoms with E-state index in [9.17, 15) is 35.5 Å². The number of carbonyl (C=O) groups is 1. The fraction of sp³-hybridized carbons (Fsp3) is 0.105. The Labute approximate surface area is 169 Å². The van der Waals surface area contributed by atoms with Crippen LogP contribution in [-0.2, 0) is 6.61 Å². The lowest BCUT2D eigenvalue weighted by Crippen LogP contribution is -2.17. The molecule has 1 amide bonds. The predicted molar refractivity (Wildman–Crippen MR) is 90.4 cm³/mol. The van der Waals surface area contributed by atoms with Crippen LogP contribution in [0.25, 0.3) is 0 Å². The van der Waals surface area contributed by atoms with Crippen molar-refractivity contribution in [2.24, 2.45) is 0 Å². The minimum Gasteiger partial charge on any atom is -0.479 e. The zero-order valence-corrected chi connectivity index (χ0v) is 15.0. The summed E-state index contributed by atoms with van der Waals surface area (Å²) in [6, 6.07) is 6.66. The van der Waals surface area contributed by atoms with Crippen LogP contribution in [0.2, 0.25) is 0 Å². The number of rotatable bonds is 6. The Hall–Kier alpha value is -3.70. The SMILES string of the molecule is O=C(Nc1ccc(OC(F)(F)F)cc1)c1ccc(COc2c(F)c(F)cc(F)c2F)o1. The smallest absolute Gasteiger partial charge is 0.479 e. The molecule has 0 fully saturated rings. The minimum absolute atomic E-state index is 0.0225. The van der Waals surface area contributed by atoms with Crippen molar-refractivity contribution in [3.63, 3.8) is 0 Å². The van der Waals surface area contributed by atoms with Crippen molar-refractivity contribution in [2.45, 2.75) is 13.0 Å². The molecule has 5 nitrogen and oxygen atoms in total. The van der Waals surface area contributed by atoms with Crippen molar-refractivity contribution in [1.29, 1.82) is 0 Å². The van der Waals surface area contributed by atoms with E-state index in [-0.39, 0.29) is 23.3 Å². The first kappa shape index (κ1) is 22.0. The van der Waals surface area contributed by atoms with Gasteiger partial charge in [-0.3, -0.25) is 4.79 Å². The van der Waals surface area contributed by atoms with E-state index >= 15 is 0 Å². The predicted octanol–water partition coefficient (Wildman–Crippen LogP) is 5.57. The molecule has 12 heteroatoms. The molecule has 0 unspecified atom stereocenters. The molecule has 3 aromatic rings. The summed E-state index contributed by atoms with van der Waals surface area (Å²) >= 11 is 0. The fourth-order valence-corrected chi connectivity index (χ4v) is 2.33. The van der Waals surface area contributed by atoms with Crippen LogP contribution >= 0.6 is 0 Å². The van der Waals surface area contributed by atoms with Gasteiger partial charge in [-0.25, -0.2) is 8.78 Å². The van der Waals surface area contributed by atoms with Gasteiger partial charge in [0.05, 0.1) is 0 Å². The first-order chi connectivity index (χ1) is 14.5. The molecule has 0 spiro atoms. The highest BCUT2D eigenvalue weighted by Gasteiger charge is 2.31. The number of alkyl halides is 3. The summed E-state index contributed by atoms with van der Waals surface area (Å²) in [7, 11) is 0. The highest BCUT2D eigenvalue weighted by molar-refractivity contribution is 6.02. The normalized spacial score (nSPS) is 11.3. The Bertz CT molecular complexity index is 1070. The summed E-state index contributed by atoms with van der Waals surface area (Å²) in [4.78, 5) is 12.1. The Morgan fingerprint density at radius 1 is 0.935 bits per heavy atom. The molecular weight excluding hydrogens is 439 g/mol. The first-order valence-electron chi connectivity index (χ1n) is 8.25. The maximum Gasteiger partial charge on any atom is 0.573 e. The Morgan fingerprint density at radius 2 is 1.55 bits per heavy atom. The minimum atomic E-state index is -4.86. The van der Waals surface area contributed by atoms with Gasteiger partial charge in [0.15, 0.2) is 23.1 Å². The van der Waals surface area contributed by atoms with Crippen LogP contribution in [0.3, 0.4) is 0 Å². The standard InChI is InChI=1S/C19H10F7NO4/c20-12-7-13(21)16(23)17(15(12)22)29-8-11-5-6-14(30-11)18(28)27-9-1-3-10(4-2-9)31-19(24,25)26/h1-7H,8H2,(H,27,28). The molecule has 1 N–H and O–H groups in total. The van der Waals surface area contributed by atoms with Gasteiger partial charge in [0.25, 0.3) is 5.91 Å². The molecule has 0 bridgehead atoms. The average molecular weight is 449 g/mol. The van der Waals surface area contributed by atoms with E-state index in [4.69, 9.17) is 9.15 Å². The summed E-state index contributed by atoms with van der Waals surface area (Å²) in [6.07, 6.45) is -4.86. The summed E-state index contributed by atoms with van der Waals surface area (Å²) in [5.74, 6) is -9.74. The Balaban J connectivity index is 1.63. The third-order valence-electron chi connectivity index (χ3n) is 3.66. The van der Waals surface area contributed by atoms with Crippen LogP contribution in [0.1, 0.15) is 16.3 Å². The first-order valence-corrected chi connectivity index (χ1v) is 8.25. The van der Waals surface area contributed by atoms with E-state index in [1.165, 1.54) is 12.1 Å². The van der Waals surface area contributed by atoms with E-state index in [0.717, 1.165) is 24.3 Å². The molecule has 31 heavy (non-hydrogen) atoms. The zero-order chi connectivity index (χ0) is 22.8. The van der Waals surface area contributed by atoms with Crippen molar-refractivity contribution in [1.82, 2.24) is 0 Å². The molecule has 164 valence electrons. The molecule has 0 aliphatic carbocycles. The molecule has 2 aromatic carbocycles. The number of anilines is 1. The van der Waals surface area contributed by atoms with Crippen molar-refractivity contribution in [3.8, 4) is 11.5 Å². The second-order valence-corrected chi connectivity index (χ2v) is 5.88. The van der Waals surface area contributed by atoms with E-state index in [1.807, 2.05) is 0 Å². The van der Waals surface area contributed by atoms with Gasteiger partial charge >= 0.3 is 6.36 Å².